The second-order valence-electron chi connectivity index (χ2n) is 6.20. The molecule has 0 aliphatic heterocycles. The minimum Gasteiger partial charge on any atom is -0.469 e. The normalized spacial score (nSPS) is 12.2. The summed E-state index contributed by atoms with van der Waals surface area (Å²) in [5.41, 5.74) is -0.839. The maximum Gasteiger partial charge on any atom is 0.329 e. The van der Waals surface area contributed by atoms with Crippen molar-refractivity contribution in [2.75, 3.05) is 7.11 Å². The number of nitrogens with one attached hydrogen (secondary N) is 1. The maximum atomic E-state index is 14.8. The van der Waals surface area contributed by atoms with Gasteiger partial charge in [0.15, 0.2) is 0 Å². The Kier molecular flexibility index (Phi) is 5.71. The summed E-state index contributed by atoms with van der Waals surface area (Å²) in [5.74, 6) is -2.72. The Bertz CT molecular complexity index is 1190. The highest BCUT2D eigenvalue weighted by atomic mass is 79.9. The zero-order valence-electron chi connectivity index (χ0n) is 14.9. The number of ether oxygens (including phenoxy) is 1. The van der Waals surface area contributed by atoms with Gasteiger partial charge in [-0.25, -0.2) is 9.18 Å². The van der Waals surface area contributed by atoms with Crippen molar-refractivity contribution in [2.45, 2.75) is 19.4 Å². The lowest BCUT2D eigenvalue weighted by atomic mass is 9.96. The number of carbonyl (C=O) groups is 1. The molecule has 0 amide bonds. The van der Waals surface area contributed by atoms with Crippen LogP contribution in [0.25, 0.3) is 10.9 Å². The Balaban J connectivity index is 2.30. The maximum absolute atomic E-state index is 14.8. The first kappa shape index (κ1) is 20.3. The third-order valence-electron chi connectivity index (χ3n) is 4.44. The highest BCUT2D eigenvalue weighted by molar-refractivity contribution is 9.10. The van der Waals surface area contributed by atoms with E-state index in [1.54, 1.807) is 24.3 Å². The van der Waals surface area contributed by atoms with Crippen LogP contribution in [0, 0.1) is 5.82 Å². The zero-order chi connectivity index (χ0) is 20.6. The van der Waals surface area contributed by atoms with Gasteiger partial charge >= 0.3 is 11.7 Å². The van der Waals surface area contributed by atoms with Gasteiger partial charge in [0.2, 0.25) is 0 Å². The third kappa shape index (κ3) is 3.62. The van der Waals surface area contributed by atoms with E-state index >= 15 is 0 Å². The summed E-state index contributed by atoms with van der Waals surface area (Å²) in [6.45, 7) is 1.39. The molecule has 1 aromatic heterocycles. The fourth-order valence-corrected chi connectivity index (χ4v) is 3.48. The van der Waals surface area contributed by atoms with Crippen molar-refractivity contribution in [2.24, 2.45) is 0 Å². The fraction of sp³-hybridized carbons (Fsp3) is 0.211. The van der Waals surface area contributed by atoms with Crippen LogP contribution in [0.4, 0.5) is 4.39 Å². The number of hydrogen-bond acceptors (Lipinski definition) is 4. The predicted octanol–water partition coefficient (Wildman–Crippen LogP) is 3.57. The van der Waals surface area contributed by atoms with Crippen molar-refractivity contribution >= 4 is 44.4 Å². The summed E-state index contributed by atoms with van der Waals surface area (Å²) >= 11 is 9.23. The molecule has 0 spiro atoms. The summed E-state index contributed by atoms with van der Waals surface area (Å²) in [7, 11) is 1.16. The van der Waals surface area contributed by atoms with Crippen molar-refractivity contribution in [3.05, 3.63) is 77.6 Å². The standard InChI is InChI=1S/C19H15BrClFN2O4/c1-9(18(26)28-2)14-15-13(7-12(21)16(14)22)23-19(27)24(17(15)25)8-10-3-5-11(20)6-4-10/h3-7,9H,8H2,1-2H3,(H,23,27). The average molecular weight is 470 g/mol. The molecule has 2 aromatic carbocycles. The third-order valence-corrected chi connectivity index (χ3v) is 5.25. The number of hydrogen-bond donors (Lipinski definition) is 1. The number of esters is 1. The Hall–Kier alpha value is -2.45. The molecular weight excluding hydrogens is 455 g/mol. The molecule has 0 bridgehead atoms. The number of methoxy groups -OCH3 is 1. The molecule has 9 heteroatoms. The van der Waals surface area contributed by atoms with E-state index in [-0.39, 0.29) is 28.0 Å². The van der Waals surface area contributed by atoms with Gasteiger partial charge in [-0.1, -0.05) is 39.7 Å². The molecule has 0 radical (unpaired) electrons. The van der Waals surface area contributed by atoms with Gasteiger partial charge < -0.3 is 9.72 Å². The number of carbonyl (C=O) groups excluding carboxylic acids is 1. The Morgan fingerprint density at radius 2 is 1.96 bits per heavy atom. The van der Waals surface area contributed by atoms with Gasteiger partial charge in [0, 0.05) is 10.0 Å². The van der Waals surface area contributed by atoms with Crippen molar-refractivity contribution in [3.63, 3.8) is 0 Å². The summed E-state index contributed by atoms with van der Waals surface area (Å²) in [5, 5.41) is -0.421. The summed E-state index contributed by atoms with van der Waals surface area (Å²) in [6, 6.07) is 8.22. The van der Waals surface area contributed by atoms with Gasteiger partial charge in [-0.05, 0) is 30.7 Å². The van der Waals surface area contributed by atoms with Crippen LogP contribution in [0.2, 0.25) is 5.02 Å². The summed E-state index contributed by atoms with van der Waals surface area (Å²) in [6.07, 6.45) is 0. The number of aromatic nitrogens is 2. The van der Waals surface area contributed by atoms with E-state index in [1.807, 2.05) is 0 Å². The molecule has 146 valence electrons. The van der Waals surface area contributed by atoms with Gasteiger partial charge in [-0.2, -0.15) is 0 Å². The van der Waals surface area contributed by atoms with E-state index in [4.69, 9.17) is 11.6 Å². The SMILES string of the molecule is COC(=O)C(C)c1c(F)c(Cl)cc2[nH]c(=O)n(Cc3ccc(Br)cc3)c(=O)c12. The smallest absolute Gasteiger partial charge is 0.329 e. The molecule has 0 fully saturated rings. The minimum absolute atomic E-state index is 0.0202. The van der Waals surface area contributed by atoms with Crippen LogP contribution in [0.3, 0.4) is 0 Å². The number of H-pyrrole nitrogens is 1. The number of aromatic amines is 1. The molecule has 0 aliphatic carbocycles. The van der Waals surface area contributed by atoms with E-state index in [0.29, 0.717) is 5.56 Å². The van der Waals surface area contributed by atoms with E-state index < -0.39 is 29.0 Å². The van der Waals surface area contributed by atoms with Crippen LogP contribution in [-0.2, 0) is 16.1 Å². The van der Waals surface area contributed by atoms with Crippen LogP contribution < -0.4 is 11.2 Å². The second-order valence-corrected chi connectivity index (χ2v) is 7.52. The number of rotatable bonds is 4. The van der Waals surface area contributed by atoms with Crippen LogP contribution in [-0.4, -0.2) is 22.6 Å². The molecule has 0 saturated heterocycles. The molecule has 28 heavy (non-hydrogen) atoms. The summed E-state index contributed by atoms with van der Waals surface area (Å²) in [4.78, 5) is 40.1. The Labute approximate surface area is 172 Å². The average Bonchev–Trinajstić information content (AvgIpc) is 2.67. The van der Waals surface area contributed by atoms with Gasteiger partial charge in [0.25, 0.3) is 5.56 Å². The lowest BCUT2D eigenvalue weighted by Crippen LogP contribution is -2.36. The van der Waals surface area contributed by atoms with Crippen LogP contribution in [0.1, 0.15) is 24.0 Å². The lowest BCUT2D eigenvalue weighted by Gasteiger charge is -2.15. The Morgan fingerprint density at radius 1 is 1.32 bits per heavy atom. The van der Waals surface area contributed by atoms with Crippen molar-refractivity contribution in [1.82, 2.24) is 9.55 Å². The van der Waals surface area contributed by atoms with Gasteiger partial charge in [0.1, 0.15) is 5.82 Å². The Morgan fingerprint density at radius 3 is 2.57 bits per heavy atom. The molecule has 1 heterocycles. The van der Waals surface area contributed by atoms with Crippen LogP contribution in [0.15, 0.2) is 44.4 Å². The fourth-order valence-electron chi connectivity index (χ4n) is 3.00. The zero-order valence-corrected chi connectivity index (χ0v) is 17.2. The first-order chi connectivity index (χ1) is 13.2. The second kappa shape index (κ2) is 7.89. The molecular formula is C19H15BrClFN2O4. The quantitative estimate of drug-likeness (QED) is 0.592. The minimum atomic E-state index is -1.09. The van der Waals surface area contributed by atoms with Gasteiger partial charge in [-0.3, -0.25) is 14.2 Å². The first-order valence-electron chi connectivity index (χ1n) is 8.21. The van der Waals surface area contributed by atoms with E-state index in [9.17, 15) is 18.8 Å². The van der Waals surface area contributed by atoms with E-state index in [1.165, 1.54) is 6.92 Å². The number of benzene rings is 2. The number of fused-ring (bicyclic) bond motifs is 1. The molecule has 1 atom stereocenters. The van der Waals surface area contributed by atoms with Crippen molar-refractivity contribution < 1.29 is 13.9 Å². The van der Waals surface area contributed by atoms with Crippen LogP contribution >= 0.6 is 27.5 Å². The number of nitrogens with zero attached hydrogens (tertiary/aromatic N) is 1. The monoisotopic (exact) mass is 468 g/mol. The van der Waals surface area contributed by atoms with Gasteiger partial charge in [-0.15, -0.1) is 0 Å². The van der Waals surface area contributed by atoms with Gasteiger partial charge in [0.05, 0.1) is 35.5 Å². The highest BCUT2D eigenvalue weighted by Crippen LogP contribution is 2.31. The molecule has 0 aliphatic rings. The van der Waals surface area contributed by atoms with E-state index in [0.717, 1.165) is 22.2 Å². The molecule has 0 saturated carbocycles. The highest BCUT2D eigenvalue weighted by Gasteiger charge is 2.27. The van der Waals surface area contributed by atoms with E-state index in [2.05, 4.69) is 25.7 Å². The molecule has 1 unspecified atom stereocenters. The topological polar surface area (TPSA) is 81.2 Å². The van der Waals surface area contributed by atoms with Crippen molar-refractivity contribution in [1.29, 1.82) is 0 Å². The van der Waals surface area contributed by atoms with Crippen molar-refractivity contribution in [3.8, 4) is 0 Å². The number of halogens is 3. The molecule has 6 nitrogen and oxygen atoms in total. The van der Waals surface area contributed by atoms with Crippen LogP contribution in [0.5, 0.6) is 0 Å². The lowest BCUT2D eigenvalue weighted by molar-refractivity contribution is -0.142. The summed E-state index contributed by atoms with van der Waals surface area (Å²) < 4.78 is 21.3. The molecule has 3 aromatic rings. The predicted molar refractivity (Wildman–Crippen MR) is 107 cm³/mol. The first-order valence-corrected chi connectivity index (χ1v) is 9.38. The molecule has 3 rings (SSSR count). The molecule has 1 N–H and O–H groups in total. The largest absolute Gasteiger partial charge is 0.469 e.